The number of rotatable bonds is 8. The van der Waals surface area contributed by atoms with Gasteiger partial charge < -0.3 is 9.64 Å². The Hall–Kier alpha value is -1.74. The van der Waals surface area contributed by atoms with E-state index < -0.39 is 10.0 Å². The van der Waals surface area contributed by atoms with Crippen LogP contribution in [0.1, 0.15) is 23.3 Å². The van der Waals surface area contributed by atoms with E-state index in [4.69, 9.17) is 4.74 Å². The number of benzene rings is 1. The predicted octanol–water partition coefficient (Wildman–Crippen LogP) is 3.13. The molecule has 0 aliphatic carbocycles. The van der Waals surface area contributed by atoms with Gasteiger partial charge in [-0.3, -0.25) is 4.79 Å². The summed E-state index contributed by atoms with van der Waals surface area (Å²) in [6, 6.07) is 10.9. The van der Waals surface area contributed by atoms with Gasteiger partial charge in [0.25, 0.3) is 0 Å². The molecule has 0 saturated carbocycles. The van der Waals surface area contributed by atoms with Crippen LogP contribution in [0.15, 0.2) is 46.7 Å². The molecule has 0 N–H and O–H groups in total. The van der Waals surface area contributed by atoms with Gasteiger partial charge >= 0.3 is 0 Å². The minimum atomic E-state index is -3.51. The minimum Gasteiger partial charge on any atom is -0.383 e. The number of hydrogen-bond acceptors (Lipinski definition) is 5. The molecule has 1 aliphatic heterocycles. The van der Waals surface area contributed by atoms with Crippen molar-refractivity contribution in [3.05, 3.63) is 52.2 Å². The fraction of sp³-hybridized carbons (Fsp3) is 0.476. The molecule has 158 valence electrons. The fourth-order valence-corrected chi connectivity index (χ4v) is 5.71. The van der Waals surface area contributed by atoms with Gasteiger partial charge in [0, 0.05) is 37.5 Å². The van der Waals surface area contributed by atoms with Crippen LogP contribution in [0.3, 0.4) is 0 Å². The van der Waals surface area contributed by atoms with Crippen molar-refractivity contribution in [3.8, 4) is 0 Å². The highest BCUT2D eigenvalue weighted by Crippen LogP contribution is 2.26. The summed E-state index contributed by atoms with van der Waals surface area (Å²) < 4.78 is 32.4. The molecule has 0 radical (unpaired) electrons. The van der Waals surface area contributed by atoms with Gasteiger partial charge in [-0.1, -0.05) is 23.8 Å². The number of carbonyl (C=O) groups excluding carboxylic acids is 1. The zero-order valence-corrected chi connectivity index (χ0v) is 18.5. The predicted molar refractivity (Wildman–Crippen MR) is 114 cm³/mol. The second-order valence-corrected chi connectivity index (χ2v) is 10.3. The first kappa shape index (κ1) is 22.0. The summed E-state index contributed by atoms with van der Waals surface area (Å²) in [6.07, 6.45) is 1.08. The topological polar surface area (TPSA) is 66.9 Å². The van der Waals surface area contributed by atoms with Crippen LogP contribution in [0, 0.1) is 12.8 Å². The van der Waals surface area contributed by atoms with Crippen molar-refractivity contribution in [1.29, 1.82) is 0 Å². The van der Waals surface area contributed by atoms with E-state index in [1.807, 2.05) is 29.3 Å². The van der Waals surface area contributed by atoms with E-state index in [0.29, 0.717) is 50.5 Å². The lowest BCUT2D eigenvalue weighted by Gasteiger charge is -2.33. The fourth-order valence-electron chi connectivity index (χ4n) is 3.52. The molecule has 1 aliphatic rings. The van der Waals surface area contributed by atoms with Crippen LogP contribution in [0.5, 0.6) is 0 Å². The zero-order chi connectivity index (χ0) is 20.9. The lowest BCUT2D eigenvalue weighted by molar-refractivity contribution is -0.138. The van der Waals surface area contributed by atoms with E-state index in [1.165, 1.54) is 4.31 Å². The molecule has 0 atom stereocenters. The van der Waals surface area contributed by atoms with Gasteiger partial charge in [-0.15, -0.1) is 11.3 Å². The van der Waals surface area contributed by atoms with E-state index in [-0.39, 0.29) is 11.8 Å². The molecule has 6 nitrogen and oxygen atoms in total. The van der Waals surface area contributed by atoms with E-state index >= 15 is 0 Å². The monoisotopic (exact) mass is 436 g/mol. The number of nitrogens with zero attached hydrogens (tertiary/aromatic N) is 2. The largest absolute Gasteiger partial charge is 0.383 e. The van der Waals surface area contributed by atoms with Crippen LogP contribution in [0.4, 0.5) is 0 Å². The zero-order valence-electron chi connectivity index (χ0n) is 16.9. The van der Waals surface area contributed by atoms with Crippen LogP contribution < -0.4 is 0 Å². The lowest BCUT2D eigenvalue weighted by Crippen LogP contribution is -2.44. The summed E-state index contributed by atoms with van der Waals surface area (Å²) in [5.74, 6) is -0.0703. The molecule has 1 saturated heterocycles. The molecule has 1 aromatic heterocycles. The summed E-state index contributed by atoms with van der Waals surface area (Å²) in [4.78, 5) is 16.4. The first-order valence-electron chi connectivity index (χ1n) is 9.78. The molecule has 0 unspecified atom stereocenters. The maximum atomic E-state index is 13.1. The van der Waals surface area contributed by atoms with E-state index in [2.05, 4.69) is 0 Å². The number of ether oxygens (including phenoxy) is 1. The SMILES string of the molecule is COCCN(Cc1cccs1)C(=O)C1CCN(S(=O)(=O)c2ccc(C)cc2)CC1. The number of amides is 1. The average Bonchev–Trinajstić information content (AvgIpc) is 3.24. The molecule has 0 bridgehead atoms. The molecule has 0 spiro atoms. The van der Waals surface area contributed by atoms with Crippen LogP contribution in [-0.4, -0.2) is 56.9 Å². The van der Waals surface area contributed by atoms with Crippen LogP contribution in [-0.2, 0) is 26.1 Å². The molecule has 2 heterocycles. The Morgan fingerprint density at radius 2 is 1.90 bits per heavy atom. The van der Waals surface area contributed by atoms with Gasteiger partial charge in [0.15, 0.2) is 0 Å². The Morgan fingerprint density at radius 3 is 2.48 bits per heavy atom. The lowest BCUT2D eigenvalue weighted by atomic mass is 9.96. The molecule has 8 heteroatoms. The third-order valence-corrected chi connectivity index (χ3v) is 8.04. The third kappa shape index (κ3) is 5.45. The molecule has 29 heavy (non-hydrogen) atoms. The molecule has 3 rings (SSSR count). The van der Waals surface area contributed by atoms with Crippen molar-refractivity contribution >= 4 is 27.3 Å². The molecule has 1 aromatic carbocycles. The van der Waals surface area contributed by atoms with E-state index in [0.717, 1.165) is 10.4 Å². The molecular formula is C21H28N2O4S2. The maximum Gasteiger partial charge on any atom is 0.243 e. The summed E-state index contributed by atoms with van der Waals surface area (Å²) in [5, 5.41) is 2.00. The van der Waals surface area contributed by atoms with Crippen molar-refractivity contribution in [2.75, 3.05) is 33.4 Å². The average molecular weight is 437 g/mol. The summed E-state index contributed by atoms with van der Waals surface area (Å²) >= 11 is 1.63. The standard InChI is InChI=1S/C21H28N2O4S2/c1-17-5-7-20(8-6-17)29(25,26)23-11-9-18(10-12-23)21(24)22(13-14-27-2)16-19-4-3-15-28-19/h3-8,15,18H,9-14,16H2,1-2H3. The van der Waals surface area contributed by atoms with E-state index in [1.54, 1.807) is 42.7 Å². The number of aryl methyl sites for hydroxylation is 1. The van der Waals surface area contributed by atoms with Crippen LogP contribution in [0.2, 0.25) is 0 Å². The highest BCUT2D eigenvalue weighted by atomic mass is 32.2. The van der Waals surface area contributed by atoms with E-state index in [9.17, 15) is 13.2 Å². The Morgan fingerprint density at radius 1 is 1.21 bits per heavy atom. The van der Waals surface area contributed by atoms with Gasteiger partial charge in [0.05, 0.1) is 18.0 Å². The van der Waals surface area contributed by atoms with Gasteiger partial charge in [0.1, 0.15) is 0 Å². The van der Waals surface area contributed by atoms with Crippen molar-refractivity contribution in [2.45, 2.75) is 31.2 Å². The molecule has 1 fully saturated rings. The second kappa shape index (κ2) is 9.84. The van der Waals surface area contributed by atoms with Gasteiger partial charge in [-0.05, 0) is 43.3 Å². The number of thiophene rings is 1. The molecule has 2 aromatic rings. The molecule has 1 amide bonds. The Labute approximate surface area is 177 Å². The summed E-state index contributed by atoms with van der Waals surface area (Å²) in [7, 11) is -1.89. The smallest absolute Gasteiger partial charge is 0.243 e. The minimum absolute atomic E-state index is 0.0860. The van der Waals surface area contributed by atoms with Gasteiger partial charge in [0.2, 0.25) is 15.9 Å². The van der Waals surface area contributed by atoms with Crippen LogP contribution in [0.25, 0.3) is 0 Å². The highest BCUT2D eigenvalue weighted by molar-refractivity contribution is 7.89. The Kier molecular flexibility index (Phi) is 7.45. The first-order chi connectivity index (χ1) is 13.9. The maximum absolute atomic E-state index is 13.1. The van der Waals surface area contributed by atoms with Crippen molar-refractivity contribution < 1.29 is 17.9 Å². The third-order valence-electron chi connectivity index (χ3n) is 5.27. The number of hydrogen-bond donors (Lipinski definition) is 0. The van der Waals surface area contributed by atoms with Crippen LogP contribution >= 0.6 is 11.3 Å². The normalized spacial score (nSPS) is 16.1. The van der Waals surface area contributed by atoms with Crippen molar-refractivity contribution in [3.63, 3.8) is 0 Å². The van der Waals surface area contributed by atoms with Gasteiger partial charge in [-0.25, -0.2) is 8.42 Å². The summed E-state index contributed by atoms with van der Waals surface area (Å²) in [5.41, 5.74) is 1.02. The summed E-state index contributed by atoms with van der Waals surface area (Å²) in [6.45, 7) is 4.25. The van der Waals surface area contributed by atoms with Crippen molar-refractivity contribution in [2.24, 2.45) is 5.92 Å². The Bertz CT molecular complexity index is 887. The number of piperidine rings is 1. The number of sulfonamides is 1. The van der Waals surface area contributed by atoms with Gasteiger partial charge in [-0.2, -0.15) is 4.31 Å². The Balaban J connectivity index is 1.63. The highest BCUT2D eigenvalue weighted by Gasteiger charge is 2.33. The first-order valence-corrected chi connectivity index (χ1v) is 12.1. The molecular weight excluding hydrogens is 408 g/mol. The number of carbonyl (C=O) groups is 1. The second-order valence-electron chi connectivity index (χ2n) is 7.32. The number of methoxy groups -OCH3 is 1. The quantitative estimate of drug-likeness (QED) is 0.638. The van der Waals surface area contributed by atoms with Crippen molar-refractivity contribution in [1.82, 2.24) is 9.21 Å².